The number of aromatic nitrogens is 1. The second kappa shape index (κ2) is 8.11. The normalized spacial score (nSPS) is 13.6. The fourth-order valence-corrected chi connectivity index (χ4v) is 2.47. The van der Waals surface area contributed by atoms with E-state index in [0.29, 0.717) is 28.4 Å². The summed E-state index contributed by atoms with van der Waals surface area (Å²) in [4.78, 5) is 8.53. The quantitative estimate of drug-likeness (QED) is 0.593. The van der Waals surface area contributed by atoms with Gasteiger partial charge in [0.15, 0.2) is 5.96 Å². The Morgan fingerprint density at radius 1 is 1.28 bits per heavy atom. The average Bonchev–Trinajstić information content (AvgIpc) is 3.03. The van der Waals surface area contributed by atoms with Gasteiger partial charge in [0.2, 0.25) is 5.89 Å². The SMILES string of the molecule is CN=C(NCc1ncc(C(C)(C)C)o1)NC(C)c1ccc(Cl)c(Cl)c1. The van der Waals surface area contributed by atoms with Crippen LogP contribution in [0.2, 0.25) is 10.0 Å². The van der Waals surface area contributed by atoms with Crippen LogP contribution in [0.4, 0.5) is 0 Å². The first-order valence-corrected chi connectivity index (χ1v) is 8.83. The Labute approximate surface area is 158 Å². The van der Waals surface area contributed by atoms with Gasteiger partial charge in [-0.1, -0.05) is 50.0 Å². The summed E-state index contributed by atoms with van der Waals surface area (Å²) in [6.07, 6.45) is 1.77. The lowest BCUT2D eigenvalue weighted by molar-refractivity contribution is 0.379. The molecule has 1 aromatic heterocycles. The predicted molar refractivity (Wildman–Crippen MR) is 103 cm³/mol. The van der Waals surface area contributed by atoms with Crippen LogP contribution in [-0.2, 0) is 12.0 Å². The van der Waals surface area contributed by atoms with Gasteiger partial charge in [-0.05, 0) is 24.6 Å². The van der Waals surface area contributed by atoms with Crippen molar-refractivity contribution >= 4 is 29.2 Å². The molecular weight excluding hydrogens is 359 g/mol. The van der Waals surface area contributed by atoms with E-state index in [-0.39, 0.29) is 11.5 Å². The maximum absolute atomic E-state index is 6.08. The first-order valence-electron chi connectivity index (χ1n) is 8.08. The van der Waals surface area contributed by atoms with Gasteiger partial charge in [-0.3, -0.25) is 4.99 Å². The van der Waals surface area contributed by atoms with Crippen LogP contribution in [0.1, 0.15) is 51.0 Å². The van der Waals surface area contributed by atoms with Gasteiger partial charge in [0.25, 0.3) is 0 Å². The van der Waals surface area contributed by atoms with E-state index < -0.39 is 0 Å². The molecule has 0 saturated heterocycles. The van der Waals surface area contributed by atoms with Crippen molar-refractivity contribution < 1.29 is 4.42 Å². The fraction of sp³-hybridized carbons (Fsp3) is 0.444. The maximum Gasteiger partial charge on any atom is 0.213 e. The molecule has 0 amide bonds. The number of nitrogens with zero attached hydrogens (tertiary/aromatic N) is 2. The fourth-order valence-electron chi connectivity index (χ4n) is 2.16. The molecule has 1 aromatic carbocycles. The molecule has 0 aliphatic heterocycles. The van der Waals surface area contributed by atoms with Crippen LogP contribution >= 0.6 is 23.2 Å². The lowest BCUT2D eigenvalue weighted by Crippen LogP contribution is -2.38. The summed E-state index contributed by atoms with van der Waals surface area (Å²) in [6, 6.07) is 5.58. The predicted octanol–water partition coefficient (Wildman–Crippen LogP) is 4.71. The summed E-state index contributed by atoms with van der Waals surface area (Å²) in [6.45, 7) is 8.73. The number of aliphatic imine (C=N–C) groups is 1. The first-order chi connectivity index (χ1) is 11.7. The molecule has 1 unspecified atom stereocenters. The maximum atomic E-state index is 6.08. The third kappa shape index (κ3) is 5.38. The largest absolute Gasteiger partial charge is 0.443 e. The van der Waals surface area contributed by atoms with Crippen LogP contribution in [0.25, 0.3) is 0 Å². The van der Waals surface area contributed by atoms with Gasteiger partial charge in [0.1, 0.15) is 5.76 Å². The number of benzene rings is 1. The van der Waals surface area contributed by atoms with Crippen molar-refractivity contribution in [2.75, 3.05) is 7.05 Å². The molecule has 7 heteroatoms. The Kier molecular flexibility index (Phi) is 6.36. The zero-order valence-corrected chi connectivity index (χ0v) is 16.7. The molecular formula is C18H24Cl2N4O. The summed E-state index contributed by atoms with van der Waals surface area (Å²) in [5.74, 6) is 2.13. The van der Waals surface area contributed by atoms with E-state index >= 15 is 0 Å². The molecule has 0 radical (unpaired) electrons. The molecule has 2 rings (SSSR count). The van der Waals surface area contributed by atoms with E-state index in [9.17, 15) is 0 Å². The average molecular weight is 383 g/mol. The van der Waals surface area contributed by atoms with Crippen LogP contribution < -0.4 is 10.6 Å². The summed E-state index contributed by atoms with van der Waals surface area (Å²) in [7, 11) is 1.72. The van der Waals surface area contributed by atoms with Crippen LogP contribution in [0, 0.1) is 0 Å². The van der Waals surface area contributed by atoms with Gasteiger partial charge in [0, 0.05) is 12.5 Å². The van der Waals surface area contributed by atoms with Gasteiger partial charge < -0.3 is 15.1 Å². The number of guanidine groups is 1. The van der Waals surface area contributed by atoms with Gasteiger partial charge in [-0.15, -0.1) is 0 Å². The number of hydrogen-bond donors (Lipinski definition) is 2. The molecule has 0 aliphatic carbocycles. The van der Waals surface area contributed by atoms with E-state index in [1.807, 2.05) is 19.1 Å². The summed E-state index contributed by atoms with van der Waals surface area (Å²) in [5.41, 5.74) is 0.955. The third-order valence-corrected chi connectivity index (χ3v) is 4.46. The van der Waals surface area contributed by atoms with Gasteiger partial charge in [-0.2, -0.15) is 0 Å². The highest BCUT2D eigenvalue weighted by Gasteiger charge is 2.19. The minimum Gasteiger partial charge on any atom is -0.443 e. The smallest absolute Gasteiger partial charge is 0.213 e. The molecule has 0 saturated carbocycles. The molecule has 2 N–H and O–H groups in total. The van der Waals surface area contributed by atoms with Crippen LogP contribution in [-0.4, -0.2) is 18.0 Å². The Morgan fingerprint density at radius 2 is 2.00 bits per heavy atom. The van der Waals surface area contributed by atoms with Crippen molar-refractivity contribution in [2.24, 2.45) is 4.99 Å². The van der Waals surface area contributed by atoms with Crippen molar-refractivity contribution in [3.05, 3.63) is 51.7 Å². The minimum atomic E-state index is -0.0620. The molecule has 25 heavy (non-hydrogen) atoms. The molecule has 0 aliphatic rings. The highest BCUT2D eigenvalue weighted by atomic mass is 35.5. The molecule has 136 valence electrons. The van der Waals surface area contributed by atoms with Crippen molar-refractivity contribution in [1.82, 2.24) is 15.6 Å². The number of oxazole rings is 1. The summed E-state index contributed by atoms with van der Waals surface area (Å²) >= 11 is 12.0. The Hall–Kier alpha value is -1.72. The molecule has 5 nitrogen and oxygen atoms in total. The number of nitrogens with one attached hydrogen (secondary N) is 2. The highest BCUT2D eigenvalue weighted by Crippen LogP contribution is 2.25. The number of hydrogen-bond acceptors (Lipinski definition) is 3. The van der Waals surface area contributed by atoms with E-state index in [1.165, 1.54) is 0 Å². The second-order valence-corrected chi connectivity index (χ2v) is 7.65. The molecule has 0 bridgehead atoms. The van der Waals surface area contributed by atoms with Gasteiger partial charge >= 0.3 is 0 Å². The van der Waals surface area contributed by atoms with Gasteiger partial charge in [-0.25, -0.2) is 4.98 Å². The topological polar surface area (TPSA) is 62.5 Å². The second-order valence-electron chi connectivity index (χ2n) is 6.83. The molecule has 0 spiro atoms. The molecule has 0 fully saturated rings. The van der Waals surface area contributed by atoms with Crippen LogP contribution in [0.5, 0.6) is 0 Å². The Bertz CT molecular complexity index is 750. The third-order valence-electron chi connectivity index (χ3n) is 3.72. The number of rotatable bonds is 4. The van der Waals surface area contributed by atoms with E-state index in [2.05, 4.69) is 41.4 Å². The minimum absolute atomic E-state index is 0.00987. The van der Waals surface area contributed by atoms with Crippen LogP contribution in [0.3, 0.4) is 0 Å². The Balaban J connectivity index is 1.96. The lowest BCUT2D eigenvalue weighted by atomic mass is 9.94. The summed E-state index contributed by atoms with van der Waals surface area (Å²) in [5, 5.41) is 7.58. The number of halogens is 2. The standard InChI is InChI=1S/C18H24Cl2N4O/c1-11(12-6-7-13(19)14(20)8-12)24-17(21-5)23-10-16-22-9-15(25-16)18(2,3)4/h6-9,11H,10H2,1-5H3,(H2,21,23,24). The molecule has 2 aromatic rings. The monoisotopic (exact) mass is 382 g/mol. The molecule has 1 heterocycles. The van der Waals surface area contributed by atoms with E-state index in [4.69, 9.17) is 27.6 Å². The van der Waals surface area contributed by atoms with E-state index in [1.54, 1.807) is 19.3 Å². The summed E-state index contributed by atoms with van der Waals surface area (Å²) < 4.78 is 5.77. The van der Waals surface area contributed by atoms with Crippen molar-refractivity contribution in [3.8, 4) is 0 Å². The van der Waals surface area contributed by atoms with Crippen molar-refractivity contribution in [1.29, 1.82) is 0 Å². The van der Waals surface area contributed by atoms with Gasteiger partial charge in [0.05, 0.1) is 28.8 Å². The van der Waals surface area contributed by atoms with Crippen molar-refractivity contribution in [2.45, 2.75) is 45.7 Å². The van der Waals surface area contributed by atoms with E-state index in [0.717, 1.165) is 11.3 Å². The Morgan fingerprint density at radius 3 is 2.56 bits per heavy atom. The first kappa shape index (κ1) is 19.6. The van der Waals surface area contributed by atoms with Crippen LogP contribution in [0.15, 0.2) is 33.8 Å². The zero-order chi connectivity index (χ0) is 18.6. The van der Waals surface area contributed by atoms with Crippen molar-refractivity contribution in [3.63, 3.8) is 0 Å². The lowest BCUT2D eigenvalue weighted by Gasteiger charge is -2.18. The zero-order valence-electron chi connectivity index (χ0n) is 15.2. The highest BCUT2D eigenvalue weighted by molar-refractivity contribution is 6.42. The molecule has 1 atom stereocenters.